The summed E-state index contributed by atoms with van der Waals surface area (Å²) in [5.74, 6) is 0.0161. The molecule has 24 heteroatoms. The minimum absolute atomic E-state index is 0. The number of carbonyl (C=O) groups excluding carboxylic acids is 1. The van der Waals surface area contributed by atoms with Gasteiger partial charge in [0.1, 0.15) is 0 Å². The number of nitrogens with one attached hydrogen (secondary N) is 1. The highest BCUT2D eigenvalue weighted by Crippen LogP contribution is 2.27. The summed E-state index contributed by atoms with van der Waals surface area (Å²) in [6.07, 6.45) is -0.689. The zero-order valence-corrected chi connectivity index (χ0v) is 29.0. The smallest absolute Gasteiger partial charge is 0.217 e. The van der Waals surface area contributed by atoms with E-state index >= 15 is 0 Å². The molecule has 0 aromatic heterocycles. The van der Waals surface area contributed by atoms with Crippen molar-refractivity contribution in [2.24, 2.45) is 23.7 Å². The number of carboxylic acid groups (broad SMARTS) is 1. The van der Waals surface area contributed by atoms with Crippen LogP contribution in [0.3, 0.4) is 0 Å². The fraction of sp³-hybridized carbons (Fsp3) is 0.957. The Balaban J connectivity index is -0.000000614. The number of aliphatic carboxylic acids is 1. The molecule has 9 unspecified atom stereocenters. The molecule has 0 bridgehead atoms. The third kappa shape index (κ3) is 22.2. The molecule has 0 spiro atoms. The van der Waals surface area contributed by atoms with E-state index in [4.69, 9.17) is 14.2 Å². The predicted octanol–water partition coefficient (Wildman–Crippen LogP) is -4.47. The van der Waals surface area contributed by atoms with Crippen LogP contribution in [0.4, 0.5) is 0 Å². The van der Waals surface area contributed by atoms with Gasteiger partial charge in [0.25, 0.3) is 0 Å². The van der Waals surface area contributed by atoms with Crippen molar-refractivity contribution in [3.8, 4) is 0 Å². The van der Waals surface area contributed by atoms with Gasteiger partial charge in [0.05, 0.1) is 63.4 Å². The lowest BCUT2D eigenvalue weighted by molar-refractivity contribution is -0.319. The predicted molar refractivity (Wildman–Crippen MR) is 154 cm³/mol. The molecule has 0 saturated carbocycles. The molecule has 9 atom stereocenters. The lowest BCUT2D eigenvalue weighted by Gasteiger charge is -2.34. The number of ether oxygens (including phenoxy) is 3. The van der Waals surface area contributed by atoms with Crippen molar-refractivity contribution in [2.75, 3.05) is 40.1 Å². The molecule has 0 aromatic rings. The number of hydrogen-bond donors (Lipinski definition) is 1. The van der Waals surface area contributed by atoms with Crippen molar-refractivity contribution >= 4 is 37.2 Å². The van der Waals surface area contributed by atoms with Gasteiger partial charge in [-0.3, -0.25) is 12.5 Å². The number of carboxylic acids is 1. The summed E-state index contributed by atoms with van der Waals surface area (Å²) in [7, 11) is -12.3. The van der Waals surface area contributed by atoms with Crippen molar-refractivity contribution in [3.63, 3.8) is 0 Å². The molecule has 3 aliphatic rings. The van der Waals surface area contributed by atoms with Crippen molar-refractivity contribution in [1.29, 1.82) is 0 Å². The lowest BCUT2D eigenvalue weighted by atomic mass is 9.89. The second-order valence-corrected chi connectivity index (χ2v) is 14.1. The van der Waals surface area contributed by atoms with Gasteiger partial charge < -0.3 is 59.5 Å². The minimum Gasteiger partial charge on any atom is -0.726 e. The molecule has 7 N–H and O–H groups in total. The van der Waals surface area contributed by atoms with Crippen LogP contribution in [-0.4, -0.2) is 132 Å². The van der Waals surface area contributed by atoms with Crippen LogP contribution < -0.4 is 10.4 Å². The molecule has 3 fully saturated rings. The van der Waals surface area contributed by atoms with Crippen molar-refractivity contribution < 1.29 is 92.0 Å². The summed E-state index contributed by atoms with van der Waals surface area (Å²) >= 11 is 0. The van der Waals surface area contributed by atoms with Gasteiger partial charge in [0, 0.05) is 6.04 Å². The Kier molecular flexibility index (Phi) is 24.0. The topological polar surface area (TPSA) is 374 Å². The number of rotatable bonds is 11. The highest BCUT2D eigenvalue weighted by Gasteiger charge is 2.33. The van der Waals surface area contributed by atoms with Crippen LogP contribution in [-0.2, 0) is 62.8 Å². The Morgan fingerprint density at radius 3 is 1.57 bits per heavy atom. The Morgan fingerprint density at radius 2 is 1.15 bits per heavy atom. The molecule has 0 aromatic carbocycles. The maximum atomic E-state index is 10.4. The van der Waals surface area contributed by atoms with E-state index in [-0.39, 0.29) is 41.1 Å². The number of likely N-dealkylation sites (N-methyl/N-ethyl adjacent to an activating group) is 1. The standard InChI is InChI=1S/C8H17NO5S.C8H14O3.C7H14O9S2.3H2O/c1-6-3-7(4-14-15(10,11)12)13-5-8(6)9-2;1-5-3-7(8(9)10)11-4-6(5)2;1-5-2-6(3-14-17(8,9)10)16-7(5)4-15-18(11,12)13;;;/h6-9H,3-5H2,1-2H3,(H,10,11,12);5-7H,3-4H2,1-2H3,(H,9,10);5-7H,2-4H2,1H3,(H,8,9,10)(H,11,12,13);3*1H2/p-4. The maximum absolute atomic E-state index is 10.4. The molecule has 0 amide bonds. The first-order chi connectivity index (χ1) is 20.1. The van der Waals surface area contributed by atoms with E-state index in [1.54, 1.807) is 6.92 Å². The quantitative estimate of drug-likeness (QED) is 0.153. The first-order valence-corrected chi connectivity index (χ1v) is 17.7. The average molecular weight is 754 g/mol. The average Bonchev–Trinajstić information content (AvgIpc) is 3.25. The first kappa shape index (κ1) is 50.2. The van der Waals surface area contributed by atoms with Crippen LogP contribution in [0.5, 0.6) is 0 Å². The molecule has 21 nitrogen and oxygen atoms in total. The molecular formula is C23H47NO20S3-4. The third-order valence-electron chi connectivity index (χ3n) is 7.39. The second-order valence-electron chi connectivity index (χ2n) is 11.0. The first-order valence-electron chi connectivity index (χ1n) is 13.7. The highest BCUT2D eigenvalue weighted by molar-refractivity contribution is 7.81. The van der Waals surface area contributed by atoms with Crippen molar-refractivity contribution in [3.05, 3.63) is 0 Å². The van der Waals surface area contributed by atoms with Crippen LogP contribution >= 0.6 is 0 Å². The fourth-order valence-corrected chi connectivity index (χ4v) is 5.49. The summed E-state index contributed by atoms with van der Waals surface area (Å²) in [5.41, 5.74) is 0. The molecule has 47 heavy (non-hydrogen) atoms. The summed E-state index contributed by atoms with van der Waals surface area (Å²) < 4.78 is 120. The van der Waals surface area contributed by atoms with Gasteiger partial charge in [-0.2, -0.15) is 0 Å². The maximum Gasteiger partial charge on any atom is 0.217 e. The normalized spacial score (nSPS) is 30.9. The van der Waals surface area contributed by atoms with E-state index in [0.717, 1.165) is 0 Å². The fourth-order valence-electron chi connectivity index (χ4n) is 4.55. The van der Waals surface area contributed by atoms with E-state index in [9.17, 15) is 48.8 Å². The zero-order valence-electron chi connectivity index (χ0n) is 26.5. The monoisotopic (exact) mass is 753 g/mol. The Bertz CT molecular complexity index is 1200. The van der Waals surface area contributed by atoms with Crippen molar-refractivity contribution in [2.45, 2.75) is 77.4 Å². The molecule has 3 rings (SSSR count). The van der Waals surface area contributed by atoms with E-state index in [1.165, 1.54) is 0 Å². The number of hydrogen-bond acceptors (Lipinski definition) is 18. The summed E-state index contributed by atoms with van der Waals surface area (Å²) in [6, 6.07) is 0.269. The third-order valence-corrected chi connectivity index (χ3v) is 8.67. The van der Waals surface area contributed by atoms with E-state index in [0.29, 0.717) is 50.2 Å². The summed E-state index contributed by atoms with van der Waals surface area (Å²) in [6.45, 7) is 7.82. The molecule has 3 saturated heterocycles. The Morgan fingerprint density at radius 1 is 0.681 bits per heavy atom. The second kappa shape index (κ2) is 22.5. The largest absolute Gasteiger partial charge is 0.726 e. The SMILES string of the molecule is CC1CC(COS(=O)(=O)[O-])OC1COS(=O)(=O)[O-].CC1COC(C(=O)[O-])CC1C.CNC1COC(COS(=O)(=O)[O-])CC1C.O.O.O. The molecule has 3 heterocycles. The van der Waals surface area contributed by atoms with E-state index < -0.39 is 68.7 Å². The van der Waals surface area contributed by atoms with Gasteiger partial charge in [0.2, 0.25) is 31.2 Å². The molecule has 3 aliphatic heterocycles. The van der Waals surface area contributed by atoms with Gasteiger partial charge in [-0.25, -0.2) is 25.3 Å². The van der Waals surface area contributed by atoms with E-state index in [1.807, 2.05) is 20.9 Å². The van der Waals surface area contributed by atoms with Gasteiger partial charge >= 0.3 is 0 Å². The lowest BCUT2D eigenvalue weighted by Crippen LogP contribution is -2.45. The van der Waals surface area contributed by atoms with Gasteiger partial charge in [-0.05, 0) is 50.0 Å². The zero-order chi connectivity index (χ0) is 33.9. The molecule has 286 valence electrons. The Labute approximate surface area is 275 Å². The molecule has 0 aliphatic carbocycles. The molecular weight excluding hydrogens is 706 g/mol. The van der Waals surface area contributed by atoms with Gasteiger partial charge in [0.15, 0.2) is 0 Å². The van der Waals surface area contributed by atoms with Crippen LogP contribution in [0.15, 0.2) is 0 Å². The summed E-state index contributed by atoms with van der Waals surface area (Å²) in [5, 5.41) is 13.5. The number of carbonyl (C=O) groups is 1. The van der Waals surface area contributed by atoms with Crippen LogP contribution in [0, 0.1) is 23.7 Å². The van der Waals surface area contributed by atoms with Gasteiger partial charge in [-0.15, -0.1) is 0 Å². The van der Waals surface area contributed by atoms with Crippen LogP contribution in [0.25, 0.3) is 0 Å². The minimum atomic E-state index is -4.80. The van der Waals surface area contributed by atoms with Crippen LogP contribution in [0.2, 0.25) is 0 Å². The molecule has 0 radical (unpaired) electrons. The van der Waals surface area contributed by atoms with Crippen molar-refractivity contribution in [1.82, 2.24) is 5.32 Å². The highest BCUT2D eigenvalue weighted by atomic mass is 32.3. The summed E-state index contributed by atoms with van der Waals surface area (Å²) in [4.78, 5) is 10.4. The van der Waals surface area contributed by atoms with Crippen LogP contribution in [0.1, 0.15) is 47.0 Å². The van der Waals surface area contributed by atoms with Gasteiger partial charge in [-0.1, -0.05) is 27.7 Å². The van der Waals surface area contributed by atoms with E-state index in [2.05, 4.69) is 24.8 Å². The Hall–Kier alpha value is -1.20.